The van der Waals surface area contributed by atoms with Crippen molar-refractivity contribution in [2.75, 3.05) is 0 Å². The van der Waals surface area contributed by atoms with Crippen LogP contribution >= 0.6 is 28.3 Å². The average Bonchev–Trinajstić information content (AvgIpc) is 1.19. The zero-order valence-electron chi connectivity index (χ0n) is 5.49. The SMILES string of the molecule is CC(C)(C)O.[Cl][W]([Cl])[Cl]. The average molecular weight is 364 g/mol. The van der Waals surface area contributed by atoms with E-state index in [4.69, 9.17) is 33.4 Å². The van der Waals surface area contributed by atoms with Crippen molar-refractivity contribution in [2.45, 2.75) is 26.4 Å². The van der Waals surface area contributed by atoms with E-state index >= 15 is 0 Å². The van der Waals surface area contributed by atoms with Crippen LogP contribution in [0.2, 0.25) is 0 Å². The van der Waals surface area contributed by atoms with E-state index in [2.05, 4.69) is 0 Å². The summed E-state index contributed by atoms with van der Waals surface area (Å²) in [5, 5.41) is 8.52. The summed E-state index contributed by atoms with van der Waals surface area (Å²) in [5.41, 5.74) is -0.500. The Hall–Kier alpha value is 1.52. The minimum atomic E-state index is -2.11. The molecule has 0 amide bonds. The molecule has 0 rings (SSSR count). The summed E-state index contributed by atoms with van der Waals surface area (Å²) in [7, 11) is 15.0. The second-order valence-corrected chi connectivity index (χ2v) is 15.1. The Morgan fingerprint density at radius 1 is 1.11 bits per heavy atom. The molecule has 0 spiro atoms. The quantitative estimate of drug-likeness (QED) is 0.701. The molecule has 0 atom stereocenters. The van der Waals surface area contributed by atoms with Crippen molar-refractivity contribution in [3.05, 3.63) is 0 Å². The van der Waals surface area contributed by atoms with Crippen molar-refractivity contribution in [1.29, 1.82) is 0 Å². The van der Waals surface area contributed by atoms with Crippen LogP contribution in [0.1, 0.15) is 20.8 Å². The maximum absolute atomic E-state index is 8.52. The number of halogens is 3. The Kier molecular flexibility index (Phi) is 9.11. The first kappa shape index (κ1) is 13.1. The van der Waals surface area contributed by atoms with E-state index in [1.54, 1.807) is 20.8 Å². The first-order valence-electron chi connectivity index (χ1n) is 2.19. The molecule has 0 unspecified atom stereocenters. The Balaban J connectivity index is 0. The van der Waals surface area contributed by atoms with Gasteiger partial charge in [-0.25, -0.2) is 0 Å². The molecule has 5 heteroatoms. The molecule has 0 aliphatic rings. The Morgan fingerprint density at radius 2 is 1.11 bits per heavy atom. The molecule has 0 radical (unpaired) electrons. The molecular weight excluding hydrogens is 354 g/mol. The van der Waals surface area contributed by atoms with Crippen LogP contribution in [0.15, 0.2) is 0 Å². The van der Waals surface area contributed by atoms with Crippen molar-refractivity contribution < 1.29 is 19.3 Å². The molecule has 1 N–H and O–H groups in total. The van der Waals surface area contributed by atoms with Gasteiger partial charge in [-0.3, -0.25) is 0 Å². The molecule has 0 saturated carbocycles. The van der Waals surface area contributed by atoms with Crippen LogP contribution < -0.4 is 0 Å². The zero-order chi connectivity index (χ0) is 8.08. The van der Waals surface area contributed by atoms with Gasteiger partial charge in [-0.2, -0.15) is 0 Å². The van der Waals surface area contributed by atoms with E-state index < -0.39 is 19.8 Å². The van der Waals surface area contributed by atoms with Gasteiger partial charge in [0.05, 0.1) is 5.60 Å². The second-order valence-electron chi connectivity index (χ2n) is 2.35. The number of rotatable bonds is 0. The summed E-state index contributed by atoms with van der Waals surface area (Å²) in [6.07, 6.45) is 0. The molecule has 0 fully saturated rings. The normalized spacial score (nSPS) is 10.7. The summed E-state index contributed by atoms with van der Waals surface area (Å²) in [4.78, 5) is 0. The van der Waals surface area contributed by atoms with Crippen LogP contribution in [0, 0.1) is 0 Å². The van der Waals surface area contributed by atoms with Gasteiger partial charge in [-0.05, 0) is 20.8 Å². The molecule has 0 aromatic carbocycles. The van der Waals surface area contributed by atoms with Crippen LogP contribution in [0.25, 0.3) is 0 Å². The molecule has 0 saturated heterocycles. The van der Waals surface area contributed by atoms with E-state index in [0.717, 1.165) is 0 Å². The van der Waals surface area contributed by atoms with Crippen LogP contribution in [0.5, 0.6) is 0 Å². The van der Waals surface area contributed by atoms with E-state index in [1.807, 2.05) is 0 Å². The first-order valence-corrected chi connectivity index (χ1v) is 13.1. The monoisotopic (exact) mass is 363 g/mol. The van der Waals surface area contributed by atoms with Gasteiger partial charge in [0.25, 0.3) is 0 Å². The third-order valence-electron chi connectivity index (χ3n) is 0. The fourth-order valence-electron chi connectivity index (χ4n) is 0. The molecule has 0 bridgehead atoms. The van der Waals surface area contributed by atoms with Crippen LogP contribution in [0.3, 0.4) is 0 Å². The molecule has 9 heavy (non-hydrogen) atoms. The third kappa shape index (κ3) is 233. The van der Waals surface area contributed by atoms with Crippen molar-refractivity contribution in [3.8, 4) is 0 Å². The van der Waals surface area contributed by atoms with Gasteiger partial charge in [0.2, 0.25) is 0 Å². The van der Waals surface area contributed by atoms with Crippen molar-refractivity contribution in [3.63, 3.8) is 0 Å². The van der Waals surface area contributed by atoms with Gasteiger partial charge >= 0.3 is 42.4 Å². The maximum atomic E-state index is 8.52. The number of aliphatic hydroxyl groups is 1. The van der Waals surface area contributed by atoms with Gasteiger partial charge in [0.15, 0.2) is 0 Å². The number of hydrogen-bond acceptors (Lipinski definition) is 1. The van der Waals surface area contributed by atoms with Gasteiger partial charge in [-0.1, -0.05) is 0 Å². The molecule has 1 nitrogen and oxygen atoms in total. The topological polar surface area (TPSA) is 20.2 Å². The Bertz CT molecular complexity index is 52.6. The van der Waals surface area contributed by atoms with Crippen LogP contribution in [-0.4, -0.2) is 10.7 Å². The number of hydrogen-bond donors (Lipinski definition) is 1. The van der Waals surface area contributed by atoms with Gasteiger partial charge in [-0.15, -0.1) is 0 Å². The predicted molar refractivity (Wildman–Crippen MR) is 39.5 cm³/mol. The van der Waals surface area contributed by atoms with Crippen molar-refractivity contribution >= 4 is 28.3 Å². The first-order chi connectivity index (χ1) is 3.73. The second kappa shape index (κ2) is 6.24. The van der Waals surface area contributed by atoms with Crippen molar-refractivity contribution in [1.82, 2.24) is 0 Å². The molecule has 0 aliphatic heterocycles. The molecule has 0 heterocycles. The molecule has 0 aliphatic carbocycles. The van der Waals surface area contributed by atoms with Crippen LogP contribution in [0.4, 0.5) is 0 Å². The van der Waals surface area contributed by atoms with Crippen LogP contribution in [-0.2, 0) is 14.2 Å². The van der Waals surface area contributed by atoms with E-state index in [9.17, 15) is 0 Å². The molecular formula is C4H10Cl3OW. The Morgan fingerprint density at radius 3 is 1.11 bits per heavy atom. The van der Waals surface area contributed by atoms with Gasteiger partial charge in [0, 0.05) is 0 Å². The predicted octanol–water partition coefficient (Wildman–Crippen LogP) is 2.84. The molecule has 0 aromatic heterocycles. The van der Waals surface area contributed by atoms with E-state index in [1.165, 1.54) is 0 Å². The summed E-state index contributed by atoms with van der Waals surface area (Å²) in [6.45, 7) is 5.23. The molecule has 0 aromatic rings. The standard InChI is InChI=1S/C4H10O.3ClH.W/c1-4(2,3)5;;;;/h5H,1-3H3;3*1H;/q;;;;+3/p-3. The Labute approximate surface area is 73.6 Å². The van der Waals surface area contributed by atoms with Crippen molar-refractivity contribution in [2.24, 2.45) is 0 Å². The minimum absolute atomic E-state index is 0.500. The van der Waals surface area contributed by atoms with Gasteiger partial charge < -0.3 is 5.11 Å². The van der Waals surface area contributed by atoms with E-state index in [0.29, 0.717) is 0 Å². The third-order valence-corrected chi connectivity index (χ3v) is 0. The fourth-order valence-corrected chi connectivity index (χ4v) is 0. The van der Waals surface area contributed by atoms with Gasteiger partial charge in [0.1, 0.15) is 0 Å². The van der Waals surface area contributed by atoms with E-state index in [-0.39, 0.29) is 0 Å². The molecule has 59 valence electrons. The summed E-state index contributed by atoms with van der Waals surface area (Å²) in [6, 6.07) is 0. The summed E-state index contributed by atoms with van der Waals surface area (Å²) in [5.74, 6) is 0. The summed E-state index contributed by atoms with van der Waals surface area (Å²) < 4.78 is 0. The fraction of sp³-hybridized carbons (Fsp3) is 1.00. The zero-order valence-corrected chi connectivity index (χ0v) is 10.7. The summed E-state index contributed by atoms with van der Waals surface area (Å²) >= 11 is -2.11.